The van der Waals surface area contributed by atoms with E-state index in [2.05, 4.69) is 44.8 Å². The molecular weight excluding hydrogens is 411 g/mol. The fourth-order valence-electron chi connectivity index (χ4n) is 2.07. The number of ether oxygens (including phenoxy) is 1. The van der Waals surface area contributed by atoms with Gasteiger partial charge in [0, 0.05) is 14.9 Å². The molecule has 0 saturated carbocycles. The summed E-state index contributed by atoms with van der Waals surface area (Å²) in [6.07, 6.45) is 0. The zero-order valence-corrected chi connectivity index (χ0v) is 15.5. The van der Waals surface area contributed by atoms with E-state index in [-0.39, 0.29) is 4.83 Å². The second-order valence-electron chi connectivity index (χ2n) is 4.24. The van der Waals surface area contributed by atoms with Crippen LogP contribution < -0.4 is 4.74 Å². The summed E-state index contributed by atoms with van der Waals surface area (Å²) in [4.78, 5) is 1.13. The molecule has 102 valence electrons. The first-order valence-corrected chi connectivity index (χ1v) is 8.64. The zero-order chi connectivity index (χ0) is 14.2. The lowest BCUT2D eigenvalue weighted by atomic mass is 10.00. The second-order valence-corrected chi connectivity index (χ2v) is 7.37. The fraction of sp³-hybridized carbons (Fsp3) is 0.286. The van der Waals surface area contributed by atoms with Crippen LogP contribution in [0.25, 0.3) is 0 Å². The van der Waals surface area contributed by atoms with E-state index in [0.717, 1.165) is 36.8 Å². The normalized spacial score (nSPS) is 12.5. The number of thiophene rings is 1. The van der Waals surface area contributed by atoms with Crippen molar-refractivity contribution in [1.82, 2.24) is 0 Å². The summed E-state index contributed by atoms with van der Waals surface area (Å²) in [6.45, 7) is 4.12. The van der Waals surface area contributed by atoms with Crippen LogP contribution in [0.3, 0.4) is 0 Å². The summed E-state index contributed by atoms with van der Waals surface area (Å²) in [5.74, 6) is 0.909. The molecule has 1 heterocycles. The summed E-state index contributed by atoms with van der Waals surface area (Å²) in [7, 11) is 1.70. The second kappa shape index (κ2) is 6.17. The first-order chi connectivity index (χ1) is 8.97. The predicted octanol–water partition coefficient (Wildman–Crippen LogP) is 6.27. The maximum absolute atomic E-state index is 6.24. The van der Waals surface area contributed by atoms with Gasteiger partial charge in [-0.15, -0.1) is 11.3 Å². The first kappa shape index (κ1) is 15.4. The van der Waals surface area contributed by atoms with Crippen molar-refractivity contribution in [3.05, 3.63) is 48.6 Å². The molecule has 1 nitrogen and oxygen atoms in total. The van der Waals surface area contributed by atoms with E-state index < -0.39 is 0 Å². The van der Waals surface area contributed by atoms with Crippen molar-refractivity contribution in [2.45, 2.75) is 18.7 Å². The maximum Gasteiger partial charge on any atom is 0.126 e. The summed E-state index contributed by atoms with van der Waals surface area (Å²) in [6, 6.07) is 4.00. The molecular formula is C14H13Br2ClOS. The van der Waals surface area contributed by atoms with Crippen LogP contribution >= 0.6 is 54.8 Å². The van der Waals surface area contributed by atoms with Crippen LogP contribution in [0.1, 0.15) is 26.4 Å². The van der Waals surface area contributed by atoms with E-state index >= 15 is 0 Å². The van der Waals surface area contributed by atoms with Crippen molar-refractivity contribution in [3.63, 3.8) is 0 Å². The largest absolute Gasteiger partial charge is 0.496 e. The van der Waals surface area contributed by atoms with E-state index in [9.17, 15) is 0 Å². The van der Waals surface area contributed by atoms with Crippen molar-refractivity contribution < 1.29 is 4.74 Å². The number of hydrogen-bond donors (Lipinski definition) is 0. The SMILES string of the molecule is COc1c(C)cc(Br)c(C)c1C(Br)c1sccc1Cl. The van der Waals surface area contributed by atoms with Gasteiger partial charge in [0.15, 0.2) is 0 Å². The minimum Gasteiger partial charge on any atom is -0.496 e. The average Bonchev–Trinajstić information content (AvgIpc) is 2.79. The Labute approximate surface area is 139 Å². The number of alkyl halides is 1. The highest BCUT2D eigenvalue weighted by atomic mass is 79.9. The van der Waals surface area contributed by atoms with Crippen molar-refractivity contribution in [1.29, 1.82) is 0 Å². The molecule has 1 aromatic heterocycles. The summed E-state index contributed by atoms with van der Waals surface area (Å²) < 4.78 is 6.66. The molecule has 0 spiro atoms. The van der Waals surface area contributed by atoms with Gasteiger partial charge in [-0.3, -0.25) is 0 Å². The smallest absolute Gasteiger partial charge is 0.126 e. The van der Waals surface area contributed by atoms with Crippen LogP contribution in [0.2, 0.25) is 5.02 Å². The van der Waals surface area contributed by atoms with Gasteiger partial charge in [0.05, 0.1) is 17.0 Å². The molecule has 0 bridgehead atoms. The molecule has 1 aromatic carbocycles. The molecule has 0 aliphatic carbocycles. The van der Waals surface area contributed by atoms with Crippen LogP contribution in [-0.2, 0) is 0 Å². The maximum atomic E-state index is 6.24. The molecule has 2 aromatic rings. The van der Waals surface area contributed by atoms with E-state index in [1.54, 1.807) is 18.4 Å². The highest BCUT2D eigenvalue weighted by Crippen LogP contribution is 2.46. The Morgan fingerprint density at radius 1 is 1.37 bits per heavy atom. The molecule has 0 fully saturated rings. The lowest BCUT2D eigenvalue weighted by Crippen LogP contribution is -2.02. The quantitative estimate of drug-likeness (QED) is 0.527. The minimum absolute atomic E-state index is 0.0335. The Hall–Kier alpha value is -0.0300. The molecule has 5 heteroatoms. The molecule has 19 heavy (non-hydrogen) atoms. The molecule has 1 atom stereocenters. The average molecular weight is 425 g/mol. The van der Waals surface area contributed by atoms with Gasteiger partial charge in [-0.05, 0) is 42.5 Å². The summed E-state index contributed by atoms with van der Waals surface area (Å²) >= 11 is 15.2. The third-order valence-corrected chi connectivity index (χ3v) is 6.51. The Balaban J connectivity index is 2.64. The number of hydrogen-bond acceptors (Lipinski definition) is 2. The van der Waals surface area contributed by atoms with E-state index in [4.69, 9.17) is 16.3 Å². The Kier molecular flexibility index (Phi) is 4.99. The lowest BCUT2D eigenvalue weighted by Gasteiger charge is -2.19. The van der Waals surface area contributed by atoms with Gasteiger partial charge in [0.1, 0.15) is 5.75 Å². The highest BCUT2D eigenvalue weighted by molar-refractivity contribution is 9.10. The summed E-state index contributed by atoms with van der Waals surface area (Å²) in [5.41, 5.74) is 3.39. The van der Waals surface area contributed by atoms with Gasteiger partial charge in [0.25, 0.3) is 0 Å². The molecule has 0 saturated heterocycles. The zero-order valence-electron chi connectivity index (χ0n) is 10.8. The van der Waals surface area contributed by atoms with Gasteiger partial charge in [-0.1, -0.05) is 43.5 Å². The third kappa shape index (κ3) is 2.87. The number of methoxy groups -OCH3 is 1. The van der Waals surface area contributed by atoms with Crippen molar-refractivity contribution in [2.24, 2.45) is 0 Å². The van der Waals surface area contributed by atoms with Crippen LogP contribution in [0.4, 0.5) is 0 Å². The third-order valence-electron chi connectivity index (χ3n) is 3.04. The number of aryl methyl sites for hydroxylation is 1. The van der Waals surface area contributed by atoms with Crippen LogP contribution in [0, 0.1) is 13.8 Å². The number of benzene rings is 1. The number of rotatable bonds is 3. The first-order valence-electron chi connectivity index (χ1n) is 5.68. The Morgan fingerprint density at radius 2 is 2.05 bits per heavy atom. The summed E-state index contributed by atoms with van der Waals surface area (Å²) in [5, 5.41) is 2.78. The van der Waals surface area contributed by atoms with Gasteiger partial charge >= 0.3 is 0 Å². The number of halogens is 3. The van der Waals surface area contributed by atoms with E-state index in [1.165, 1.54) is 0 Å². The van der Waals surface area contributed by atoms with E-state index in [1.807, 2.05) is 18.4 Å². The fourth-order valence-corrected chi connectivity index (χ4v) is 5.03. The van der Waals surface area contributed by atoms with Crippen molar-refractivity contribution >= 4 is 54.8 Å². The molecule has 0 amide bonds. The molecule has 0 aliphatic heterocycles. The van der Waals surface area contributed by atoms with Crippen LogP contribution in [0.15, 0.2) is 22.0 Å². The van der Waals surface area contributed by atoms with Crippen molar-refractivity contribution in [3.8, 4) is 5.75 Å². The standard InChI is InChI=1S/C14H13Br2ClOS/c1-7-6-9(15)8(2)11(13(7)18-3)12(16)14-10(17)4-5-19-14/h4-6,12H,1-3H3. The predicted molar refractivity (Wildman–Crippen MR) is 90.3 cm³/mol. The van der Waals surface area contributed by atoms with Gasteiger partial charge < -0.3 is 4.74 Å². The molecule has 0 radical (unpaired) electrons. The van der Waals surface area contributed by atoms with Gasteiger partial charge in [-0.2, -0.15) is 0 Å². The minimum atomic E-state index is 0.0335. The Morgan fingerprint density at radius 3 is 2.58 bits per heavy atom. The van der Waals surface area contributed by atoms with Crippen molar-refractivity contribution in [2.75, 3.05) is 7.11 Å². The topological polar surface area (TPSA) is 9.23 Å². The van der Waals surface area contributed by atoms with Gasteiger partial charge in [0.2, 0.25) is 0 Å². The van der Waals surface area contributed by atoms with Gasteiger partial charge in [-0.25, -0.2) is 0 Å². The van der Waals surface area contributed by atoms with Crippen LogP contribution in [0.5, 0.6) is 5.75 Å². The molecule has 0 N–H and O–H groups in total. The molecule has 2 rings (SSSR count). The monoisotopic (exact) mass is 422 g/mol. The highest BCUT2D eigenvalue weighted by Gasteiger charge is 2.23. The lowest BCUT2D eigenvalue weighted by molar-refractivity contribution is 0.407. The molecule has 1 unspecified atom stereocenters. The Bertz CT molecular complexity index is 610. The van der Waals surface area contributed by atoms with Crippen LogP contribution in [-0.4, -0.2) is 7.11 Å². The molecule has 0 aliphatic rings. The van der Waals surface area contributed by atoms with E-state index in [0.29, 0.717) is 0 Å².